The van der Waals surface area contributed by atoms with Crippen molar-refractivity contribution in [1.29, 1.82) is 0 Å². The monoisotopic (exact) mass is 1290 g/mol. The van der Waals surface area contributed by atoms with Crippen LogP contribution in [0.1, 0.15) is 124 Å². The smallest absolute Gasteiger partial charge is 0.410 e. The van der Waals surface area contributed by atoms with Crippen LogP contribution >= 0.6 is 0 Å². The van der Waals surface area contributed by atoms with E-state index in [0.29, 0.717) is 36.3 Å². The fraction of sp³-hybridized carbons (Fsp3) is 0.636. The molecule has 0 spiro atoms. The average molecular weight is 1290 g/mol. The van der Waals surface area contributed by atoms with E-state index in [9.17, 15) is 78.6 Å². The number of Topliss-reactive ketones (excluding diaryl/α,β-unsaturated/α-hetero) is 2. The van der Waals surface area contributed by atoms with Gasteiger partial charge in [-0.15, -0.1) is 0 Å². The zero-order chi connectivity index (χ0) is 68.6. The van der Waals surface area contributed by atoms with Crippen LogP contribution in [0, 0.1) is 47.3 Å². The second-order valence-electron chi connectivity index (χ2n) is 25.5. The number of methoxy groups -OCH3 is 1. The van der Waals surface area contributed by atoms with Crippen molar-refractivity contribution in [3.63, 3.8) is 0 Å². The van der Waals surface area contributed by atoms with Crippen LogP contribution in [-0.2, 0) is 59.2 Å². The Morgan fingerprint density at radius 3 is 2.04 bits per heavy atom. The minimum absolute atomic E-state index is 0.0750. The van der Waals surface area contributed by atoms with Crippen molar-refractivity contribution >= 4 is 64.8 Å². The number of benzene rings is 2. The van der Waals surface area contributed by atoms with Crippen molar-refractivity contribution in [2.24, 2.45) is 53.1 Å². The number of aliphatic carboxylic acids is 1. The molecule has 26 nitrogen and oxygen atoms in total. The first-order chi connectivity index (χ1) is 43.4. The molecule has 0 bridgehead atoms. The molecule has 0 radical (unpaired) electrons. The third-order valence-electron chi connectivity index (χ3n) is 18.6. The van der Waals surface area contributed by atoms with Gasteiger partial charge in [0.05, 0.1) is 48.4 Å². The van der Waals surface area contributed by atoms with Crippen molar-refractivity contribution in [2.75, 3.05) is 52.8 Å². The zero-order valence-electron chi connectivity index (χ0n) is 54.7. The Morgan fingerprint density at radius 2 is 1.47 bits per heavy atom. The summed E-state index contributed by atoms with van der Waals surface area (Å²) in [6.45, 7) is 13.5. The van der Waals surface area contributed by atoms with Crippen LogP contribution in [0.15, 0.2) is 60.7 Å². The first-order valence-corrected chi connectivity index (χ1v) is 31.7. The maximum absolute atomic E-state index is 14.9. The van der Waals surface area contributed by atoms with E-state index in [1.807, 2.05) is 52.8 Å². The van der Waals surface area contributed by atoms with E-state index in [1.165, 1.54) is 32.4 Å². The number of ketones is 2. The summed E-state index contributed by atoms with van der Waals surface area (Å²) < 4.78 is 17.8. The number of aliphatic hydroxyl groups is 5. The van der Waals surface area contributed by atoms with E-state index in [-0.39, 0.29) is 78.8 Å². The largest absolute Gasteiger partial charge is 0.485 e. The van der Waals surface area contributed by atoms with Crippen molar-refractivity contribution in [1.82, 2.24) is 24.9 Å². The number of aliphatic hydroxyl groups excluding tert-OH is 5. The quantitative estimate of drug-likeness (QED) is 0.0455. The molecule has 0 aromatic heterocycles. The molecule has 1 aliphatic carbocycles. The SMILES string of the molecule is CC[C@H](C)[C@@H]([C@@H](CC(=O)N1CCC[C@H]1[C@H](CO)[C@@H](C)C(=O)C[C@H](C)[C@@H](O)c1ccccc1)OC)N(C)C(=O)C(CC(=O)[C@H](C(C)C)N(C)C(=O)OCc1ccc(O[C@@H]2C[C@H](C(=O)O)[C@@H](O)[C@H](O)[C@H]2O)c(NC(=O)CCNC(=O)[C@H](CN)N2C(=O)C=CC2=O)c1)C(C)C. The molecule has 2 fully saturated rings. The number of likely N-dealkylation sites (N-methyl/N-ethyl adjacent to an activating group) is 2. The Kier molecular flexibility index (Phi) is 28.4. The zero-order valence-corrected chi connectivity index (χ0v) is 54.7. The third kappa shape index (κ3) is 18.8. The number of carboxylic acid groups (broad SMARTS) is 1. The first kappa shape index (κ1) is 75.5. The molecule has 510 valence electrons. The number of carboxylic acids is 1. The van der Waals surface area contributed by atoms with Crippen molar-refractivity contribution < 1.29 is 92.8 Å². The highest BCUT2D eigenvalue weighted by atomic mass is 16.6. The summed E-state index contributed by atoms with van der Waals surface area (Å²) in [5, 5.41) is 68.4. The number of nitrogens with one attached hydrogen (secondary N) is 2. The number of imide groups is 1. The van der Waals surface area contributed by atoms with Crippen LogP contribution < -0.4 is 21.1 Å². The highest BCUT2D eigenvalue weighted by molar-refractivity contribution is 6.15. The summed E-state index contributed by atoms with van der Waals surface area (Å²) in [4.78, 5) is 140. The van der Waals surface area contributed by atoms with E-state index in [4.69, 9.17) is 19.9 Å². The molecule has 3 aliphatic rings. The lowest BCUT2D eigenvalue weighted by Crippen LogP contribution is -2.57. The van der Waals surface area contributed by atoms with Gasteiger partial charge in [0, 0.05) is 109 Å². The summed E-state index contributed by atoms with van der Waals surface area (Å²) in [6.07, 6.45) is -6.95. The number of ether oxygens (including phenoxy) is 3. The highest BCUT2D eigenvalue weighted by Gasteiger charge is 2.48. The molecular formula is C66H97N7O19. The van der Waals surface area contributed by atoms with Crippen molar-refractivity contribution in [3.05, 3.63) is 71.8 Å². The molecule has 1 saturated carbocycles. The number of rotatable bonds is 34. The fourth-order valence-electron chi connectivity index (χ4n) is 12.9. The topological polar surface area (TPSA) is 383 Å². The van der Waals surface area contributed by atoms with Crippen LogP contribution in [0.3, 0.4) is 0 Å². The van der Waals surface area contributed by atoms with Crippen molar-refractivity contribution in [2.45, 2.75) is 174 Å². The average Bonchev–Trinajstić information content (AvgIpc) is 0.878. The second-order valence-corrected chi connectivity index (χ2v) is 25.5. The number of nitrogens with zero attached hydrogens (tertiary/aromatic N) is 4. The molecule has 2 heterocycles. The van der Waals surface area contributed by atoms with E-state index in [2.05, 4.69) is 10.6 Å². The van der Waals surface area contributed by atoms with Gasteiger partial charge in [-0.3, -0.25) is 48.1 Å². The van der Waals surface area contributed by atoms with Crippen LogP contribution in [-0.4, -0.2) is 211 Å². The third-order valence-corrected chi connectivity index (χ3v) is 18.6. The number of likely N-dealkylation sites (tertiary alicyclic amines) is 1. The molecular weight excluding hydrogens is 1190 g/mol. The lowest BCUT2D eigenvalue weighted by atomic mass is 9.80. The van der Waals surface area contributed by atoms with Crippen LogP contribution in [0.5, 0.6) is 5.75 Å². The molecule has 7 amide bonds. The molecule has 26 heteroatoms. The Bertz CT molecular complexity index is 2910. The van der Waals surface area contributed by atoms with Gasteiger partial charge in [0.25, 0.3) is 11.8 Å². The number of carbonyl (C=O) groups excluding carboxylic acids is 9. The summed E-state index contributed by atoms with van der Waals surface area (Å²) >= 11 is 0. The van der Waals surface area contributed by atoms with Gasteiger partial charge in [-0.2, -0.15) is 0 Å². The van der Waals surface area contributed by atoms with Gasteiger partial charge < -0.3 is 75.9 Å². The summed E-state index contributed by atoms with van der Waals surface area (Å²) in [7, 11) is 4.49. The lowest BCUT2D eigenvalue weighted by Gasteiger charge is -2.41. The molecule has 2 aliphatic heterocycles. The first-order valence-electron chi connectivity index (χ1n) is 31.7. The van der Waals surface area contributed by atoms with Gasteiger partial charge in [0.1, 0.15) is 42.5 Å². The molecule has 10 N–H and O–H groups in total. The van der Waals surface area contributed by atoms with E-state index < -0.39 is 164 Å². The van der Waals surface area contributed by atoms with Gasteiger partial charge in [-0.25, -0.2) is 4.79 Å². The predicted octanol–water partition coefficient (Wildman–Crippen LogP) is 2.99. The standard InChI is InChI=1S/C66H97N7O19/c1-12-37(6)58(51(90-11)31-56(80)72-26-16-19-46(72)44(33-74)39(8)48(75)27-38(7)59(81)41-17-14-13-15-18-41)70(9)64(86)42(35(2)3)29-49(76)57(36(4)5)71(10)66(89)91-34-40-20-21-50(92-52-30-43(65(87)88)60(82)62(84)61(52)83)45(28-40)69-53(77)24-25-68-63(85)47(32-67)73-54(78)22-23-55(73)79/h13-15,17-18,20-23,28,35-39,42-44,46-47,51-52,57-62,74,81-84H,12,16,19,24-27,29-34,67H2,1-11H3,(H,68,85)(H,69,77)(H,87,88)/t37-,38-,39+,42?,43-,44+,46-,47-,51+,52+,57-,58-,59+,60+,61-,62-/m0/s1. The fourth-order valence-corrected chi connectivity index (χ4v) is 12.9. The summed E-state index contributed by atoms with van der Waals surface area (Å²) in [6, 6.07) is 9.63. The molecule has 2 aromatic rings. The van der Waals surface area contributed by atoms with Gasteiger partial charge in [0.2, 0.25) is 23.6 Å². The van der Waals surface area contributed by atoms with E-state index in [1.54, 1.807) is 49.8 Å². The minimum atomic E-state index is -1.92. The van der Waals surface area contributed by atoms with E-state index >= 15 is 0 Å². The van der Waals surface area contributed by atoms with Crippen LogP contribution in [0.2, 0.25) is 0 Å². The Labute approximate surface area is 538 Å². The minimum Gasteiger partial charge on any atom is -0.485 e. The Hall–Kier alpha value is -7.20. The number of carbonyl (C=O) groups is 10. The summed E-state index contributed by atoms with van der Waals surface area (Å²) in [5.74, 6) is -10.9. The molecule has 16 atom stereocenters. The number of amides is 7. The maximum Gasteiger partial charge on any atom is 0.410 e. The number of anilines is 1. The van der Waals surface area contributed by atoms with Gasteiger partial charge in [-0.1, -0.05) is 98.2 Å². The van der Waals surface area contributed by atoms with E-state index in [0.717, 1.165) is 17.1 Å². The van der Waals surface area contributed by atoms with Crippen molar-refractivity contribution in [3.8, 4) is 5.75 Å². The number of hydrogen-bond donors (Lipinski definition) is 9. The Morgan fingerprint density at radius 1 is 0.815 bits per heavy atom. The lowest BCUT2D eigenvalue weighted by molar-refractivity contribution is -0.174. The van der Waals surface area contributed by atoms with Crippen LogP contribution in [0.25, 0.3) is 0 Å². The molecule has 5 rings (SSSR count). The number of nitrogens with two attached hydrogens (primary N) is 1. The van der Waals surface area contributed by atoms with Gasteiger partial charge in [-0.05, 0) is 59.8 Å². The predicted molar refractivity (Wildman–Crippen MR) is 335 cm³/mol. The Balaban J connectivity index is 1.28. The molecule has 1 unspecified atom stereocenters. The second kappa shape index (κ2) is 34.6. The normalized spacial score (nSPS) is 22.3. The molecule has 92 heavy (non-hydrogen) atoms. The summed E-state index contributed by atoms with van der Waals surface area (Å²) in [5.41, 5.74) is 6.56. The van der Waals surface area contributed by atoms with Gasteiger partial charge in [0.15, 0.2) is 5.78 Å². The molecule has 1 saturated heterocycles. The molecule has 2 aromatic carbocycles. The number of hydrogen-bond acceptors (Lipinski definition) is 19. The van der Waals surface area contributed by atoms with Crippen LogP contribution in [0.4, 0.5) is 10.5 Å². The van der Waals surface area contributed by atoms with Gasteiger partial charge >= 0.3 is 12.1 Å². The highest BCUT2D eigenvalue weighted by Crippen LogP contribution is 2.37. The maximum atomic E-state index is 14.9.